The van der Waals surface area contributed by atoms with Crippen LogP contribution in [-0.2, 0) is 14.2 Å². The molecule has 2 heterocycles. The van der Waals surface area contributed by atoms with E-state index in [0.29, 0.717) is 6.61 Å². The van der Waals surface area contributed by atoms with E-state index in [1.165, 1.54) is 12.8 Å². The second-order valence-electron chi connectivity index (χ2n) is 3.90. The third kappa shape index (κ3) is 0.849. The third-order valence-corrected chi connectivity index (χ3v) is 2.72. The van der Waals surface area contributed by atoms with Gasteiger partial charge in [0, 0.05) is 13.3 Å². The molecule has 1 spiro atoms. The van der Waals surface area contributed by atoms with Crippen LogP contribution in [0.1, 0.15) is 26.2 Å². The van der Waals surface area contributed by atoms with Crippen LogP contribution in [0.15, 0.2) is 0 Å². The summed E-state index contributed by atoms with van der Waals surface area (Å²) >= 11 is 0. The van der Waals surface area contributed by atoms with Crippen LogP contribution in [0.5, 0.6) is 0 Å². The first-order valence-corrected chi connectivity index (χ1v) is 4.22. The first kappa shape index (κ1) is 6.40. The number of fused-ring (bicyclic) bond motifs is 2. The van der Waals surface area contributed by atoms with Gasteiger partial charge in [-0.2, -0.15) is 0 Å². The summed E-state index contributed by atoms with van der Waals surface area (Å²) in [6.07, 6.45) is 3.69. The Hall–Kier alpha value is -0.120. The van der Waals surface area contributed by atoms with E-state index in [0.717, 1.165) is 6.42 Å². The highest BCUT2D eigenvalue weighted by molar-refractivity contribution is 5.02. The summed E-state index contributed by atoms with van der Waals surface area (Å²) in [5, 5.41) is 0. The van der Waals surface area contributed by atoms with Gasteiger partial charge in [-0.25, -0.2) is 0 Å². The van der Waals surface area contributed by atoms with E-state index in [4.69, 9.17) is 14.2 Å². The molecule has 3 rings (SSSR count). The highest BCUT2D eigenvalue weighted by atomic mass is 16.9. The molecule has 1 aliphatic carbocycles. The quantitative estimate of drug-likeness (QED) is 0.524. The first-order valence-electron chi connectivity index (χ1n) is 4.22. The molecule has 3 heteroatoms. The summed E-state index contributed by atoms with van der Waals surface area (Å²) in [5.41, 5.74) is 0.147. The van der Waals surface area contributed by atoms with Gasteiger partial charge in [-0.15, -0.1) is 0 Å². The van der Waals surface area contributed by atoms with Crippen LogP contribution in [0, 0.1) is 0 Å². The monoisotopic (exact) mass is 156 g/mol. The van der Waals surface area contributed by atoms with E-state index in [9.17, 15) is 0 Å². The predicted molar refractivity (Wildman–Crippen MR) is 36.9 cm³/mol. The molecule has 2 unspecified atom stereocenters. The maximum atomic E-state index is 5.72. The Morgan fingerprint density at radius 3 is 2.82 bits per heavy atom. The lowest BCUT2D eigenvalue weighted by Crippen LogP contribution is -2.42. The second kappa shape index (κ2) is 1.63. The summed E-state index contributed by atoms with van der Waals surface area (Å²) in [6.45, 7) is 2.57. The summed E-state index contributed by atoms with van der Waals surface area (Å²) in [5.74, 6) is -0.709. The summed E-state index contributed by atoms with van der Waals surface area (Å²) < 4.78 is 16.6. The van der Waals surface area contributed by atoms with Gasteiger partial charge in [-0.1, -0.05) is 0 Å². The zero-order valence-corrected chi connectivity index (χ0v) is 6.63. The van der Waals surface area contributed by atoms with Crippen LogP contribution in [0.3, 0.4) is 0 Å². The lowest BCUT2D eigenvalue weighted by atomic mass is 10.1. The van der Waals surface area contributed by atoms with Crippen molar-refractivity contribution in [2.45, 2.75) is 43.9 Å². The zero-order chi connectivity index (χ0) is 7.53. The number of hydrogen-bond acceptors (Lipinski definition) is 3. The van der Waals surface area contributed by atoms with E-state index in [-0.39, 0.29) is 11.7 Å². The van der Waals surface area contributed by atoms with Crippen molar-refractivity contribution in [1.29, 1.82) is 0 Å². The summed E-state index contributed by atoms with van der Waals surface area (Å²) in [7, 11) is 0. The molecule has 0 radical (unpaired) electrons. The molecule has 2 saturated heterocycles. The molecule has 0 aromatic rings. The van der Waals surface area contributed by atoms with Gasteiger partial charge in [-0.3, -0.25) is 0 Å². The SMILES string of the molecule is CC12OCC(CC3(CC3)O1)O2. The van der Waals surface area contributed by atoms with E-state index < -0.39 is 5.97 Å². The minimum atomic E-state index is -0.709. The number of hydrogen-bond donors (Lipinski definition) is 0. The normalized spacial score (nSPS) is 51.5. The molecule has 3 nitrogen and oxygen atoms in total. The van der Waals surface area contributed by atoms with Crippen molar-refractivity contribution in [3.8, 4) is 0 Å². The Labute approximate surface area is 65.6 Å². The Bertz CT molecular complexity index is 200. The maximum absolute atomic E-state index is 5.72. The van der Waals surface area contributed by atoms with Gasteiger partial charge in [0.05, 0.1) is 18.3 Å². The fraction of sp³-hybridized carbons (Fsp3) is 1.00. The Balaban J connectivity index is 1.90. The molecular formula is C8H12O3. The molecule has 2 bridgehead atoms. The third-order valence-electron chi connectivity index (χ3n) is 2.72. The zero-order valence-electron chi connectivity index (χ0n) is 6.63. The van der Waals surface area contributed by atoms with Crippen molar-refractivity contribution in [2.75, 3.05) is 6.61 Å². The van der Waals surface area contributed by atoms with E-state index in [1.54, 1.807) is 0 Å². The average molecular weight is 156 g/mol. The lowest BCUT2D eigenvalue weighted by Gasteiger charge is -2.33. The van der Waals surface area contributed by atoms with E-state index in [2.05, 4.69) is 0 Å². The van der Waals surface area contributed by atoms with Crippen LogP contribution >= 0.6 is 0 Å². The molecule has 3 fully saturated rings. The largest absolute Gasteiger partial charge is 0.325 e. The standard InChI is InChI=1S/C8H12O3/c1-7-9-5-6(10-7)4-8(11-7)2-3-8/h6H,2-5H2,1H3. The Kier molecular flexibility index (Phi) is 0.947. The van der Waals surface area contributed by atoms with E-state index >= 15 is 0 Å². The number of rotatable bonds is 0. The van der Waals surface area contributed by atoms with Gasteiger partial charge in [0.1, 0.15) is 0 Å². The number of ether oxygens (including phenoxy) is 3. The molecular weight excluding hydrogens is 144 g/mol. The molecule has 0 aromatic heterocycles. The van der Waals surface area contributed by atoms with Crippen LogP contribution in [0.4, 0.5) is 0 Å². The Morgan fingerprint density at radius 2 is 2.18 bits per heavy atom. The summed E-state index contributed by atoms with van der Waals surface area (Å²) in [4.78, 5) is 0. The van der Waals surface area contributed by atoms with Crippen molar-refractivity contribution >= 4 is 0 Å². The molecule has 2 aliphatic heterocycles. The molecule has 11 heavy (non-hydrogen) atoms. The fourth-order valence-corrected chi connectivity index (χ4v) is 2.06. The molecule has 3 aliphatic rings. The van der Waals surface area contributed by atoms with E-state index in [1.807, 2.05) is 6.92 Å². The second-order valence-corrected chi connectivity index (χ2v) is 3.90. The first-order chi connectivity index (χ1) is 5.20. The fourth-order valence-electron chi connectivity index (χ4n) is 2.06. The van der Waals surface area contributed by atoms with Crippen molar-refractivity contribution < 1.29 is 14.2 Å². The van der Waals surface area contributed by atoms with Gasteiger partial charge >= 0.3 is 0 Å². The van der Waals surface area contributed by atoms with Crippen LogP contribution in [-0.4, -0.2) is 24.3 Å². The average Bonchev–Trinajstić information content (AvgIpc) is 2.57. The lowest BCUT2D eigenvalue weighted by molar-refractivity contribution is -0.370. The summed E-state index contributed by atoms with van der Waals surface area (Å²) in [6, 6.07) is 0. The van der Waals surface area contributed by atoms with Crippen LogP contribution in [0.25, 0.3) is 0 Å². The van der Waals surface area contributed by atoms with Crippen LogP contribution < -0.4 is 0 Å². The van der Waals surface area contributed by atoms with Crippen LogP contribution in [0.2, 0.25) is 0 Å². The maximum Gasteiger partial charge on any atom is 0.280 e. The predicted octanol–water partition coefficient (Wildman–Crippen LogP) is 1.03. The van der Waals surface area contributed by atoms with Gasteiger partial charge in [0.2, 0.25) is 0 Å². The van der Waals surface area contributed by atoms with Crippen molar-refractivity contribution in [1.82, 2.24) is 0 Å². The minimum Gasteiger partial charge on any atom is -0.325 e. The smallest absolute Gasteiger partial charge is 0.280 e. The Morgan fingerprint density at radius 1 is 1.36 bits per heavy atom. The highest BCUT2D eigenvalue weighted by Crippen LogP contribution is 2.52. The molecule has 1 saturated carbocycles. The van der Waals surface area contributed by atoms with Gasteiger partial charge in [0.25, 0.3) is 5.97 Å². The highest BCUT2D eigenvalue weighted by Gasteiger charge is 2.58. The van der Waals surface area contributed by atoms with Gasteiger partial charge in [-0.05, 0) is 12.8 Å². The van der Waals surface area contributed by atoms with Gasteiger partial charge in [0.15, 0.2) is 0 Å². The minimum absolute atomic E-state index is 0.147. The van der Waals surface area contributed by atoms with Gasteiger partial charge < -0.3 is 14.2 Å². The van der Waals surface area contributed by atoms with Crippen molar-refractivity contribution in [3.63, 3.8) is 0 Å². The molecule has 0 aromatic carbocycles. The molecule has 0 amide bonds. The molecule has 0 N–H and O–H groups in total. The van der Waals surface area contributed by atoms with Crippen molar-refractivity contribution in [3.05, 3.63) is 0 Å². The molecule has 62 valence electrons. The van der Waals surface area contributed by atoms with Crippen molar-refractivity contribution in [2.24, 2.45) is 0 Å². The molecule has 2 atom stereocenters. The topological polar surface area (TPSA) is 27.7 Å².